The van der Waals surface area contributed by atoms with Crippen molar-refractivity contribution in [1.82, 2.24) is 4.98 Å². The number of nitrogens with zero attached hydrogens (tertiary/aromatic N) is 1. The second-order valence-corrected chi connectivity index (χ2v) is 10.7. The number of aromatic nitrogens is 1. The molecule has 0 atom stereocenters. The molecule has 7 nitrogen and oxygen atoms in total. The Bertz CT molecular complexity index is 1110. The van der Waals surface area contributed by atoms with E-state index in [1.807, 2.05) is 0 Å². The van der Waals surface area contributed by atoms with Crippen LogP contribution in [-0.4, -0.2) is 21.8 Å². The number of benzene rings is 2. The van der Waals surface area contributed by atoms with E-state index < -0.39 is 20.0 Å². The average molecular weight is 547 g/mol. The average Bonchev–Trinajstić information content (AvgIpc) is 2.62. The molecule has 0 aliphatic rings. The Kier molecular flexibility index (Phi) is 6.08. The fourth-order valence-corrected chi connectivity index (χ4v) is 4.70. The molecule has 0 spiro atoms. The van der Waals surface area contributed by atoms with Gasteiger partial charge in [0.05, 0.1) is 9.79 Å². The monoisotopic (exact) mass is 545 g/mol. The highest BCUT2D eigenvalue weighted by molar-refractivity contribution is 9.10. The van der Waals surface area contributed by atoms with Gasteiger partial charge in [0.1, 0.15) is 11.6 Å². The number of hydrogen-bond donors (Lipinski definition) is 2. The highest BCUT2D eigenvalue weighted by Gasteiger charge is 2.17. The molecule has 1 aromatic heterocycles. The van der Waals surface area contributed by atoms with Crippen LogP contribution < -0.4 is 9.44 Å². The van der Waals surface area contributed by atoms with E-state index in [4.69, 9.17) is 0 Å². The van der Waals surface area contributed by atoms with Crippen molar-refractivity contribution in [1.29, 1.82) is 0 Å². The first-order valence-corrected chi connectivity index (χ1v) is 12.2. The number of sulfonamides is 2. The first-order chi connectivity index (χ1) is 13.2. The van der Waals surface area contributed by atoms with Gasteiger partial charge < -0.3 is 0 Å². The molecule has 3 rings (SSSR count). The van der Waals surface area contributed by atoms with Gasteiger partial charge in [-0.3, -0.25) is 9.44 Å². The Morgan fingerprint density at radius 3 is 1.32 bits per heavy atom. The first-order valence-electron chi connectivity index (χ1n) is 7.70. The van der Waals surface area contributed by atoms with Gasteiger partial charge in [-0.1, -0.05) is 37.9 Å². The molecule has 146 valence electrons. The van der Waals surface area contributed by atoms with Gasteiger partial charge >= 0.3 is 0 Å². The van der Waals surface area contributed by atoms with Crippen LogP contribution in [0.3, 0.4) is 0 Å². The minimum atomic E-state index is -3.86. The summed E-state index contributed by atoms with van der Waals surface area (Å²) in [5, 5.41) is 0. The van der Waals surface area contributed by atoms with Gasteiger partial charge in [-0.2, -0.15) is 0 Å². The van der Waals surface area contributed by atoms with E-state index in [0.717, 1.165) is 8.95 Å². The smallest absolute Gasteiger partial charge is 0.263 e. The molecule has 0 saturated heterocycles. The maximum Gasteiger partial charge on any atom is 0.263 e. The van der Waals surface area contributed by atoms with Crippen molar-refractivity contribution in [2.75, 3.05) is 9.44 Å². The SMILES string of the molecule is O=S(=O)(Nc1cccc(NS(=O)(=O)c2ccc(Br)cc2)n1)c1ccc(Br)cc1. The van der Waals surface area contributed by atoms with Crippen LogP contribution in [0.25, 0.3) is 0 Å². The van der Waals surface area contributed by atoms with Crippen molar-refractivity contribution in [3.8, 4) is 0 Å². The molecule has 3 aromatic rings. The molecular formula is C17H13Br2N3O4S2. The highest BCUT2D eigenvalue weighted by Crippen LogP contribution is 2.21. The van der Waals surface area contributed by atoms with E-state index in [1.54, 1.807) is 24.3 Å². The Hall–Kier alpha value is -1.95. The van der Waals surface area contributed by atoms with Crippen LogP contribution in [0.1, 0.15) is 0 Å². The number of nitrogens with one attached hydrogen (secondary N) is 2. The summed E-state index contributed by atoms with van der Waals surface area (Å²) in [6, 6.07) is 16.5. The van der Waals surface area contributed by atoms with Gasteiger partial charge in [0.2, 0.25) is 0 Å². The van der Waals surface area contributed by atoms with Crippen LogP contribution in [0.5, 0.6) is 0 Å². The molecule has 0 aliphatic carbocycles. The van der Waals surface area contributed by atoms with Gasteiger partial charge in [-0.05, 0) is 60.7 Å². The largest absolute Gasteiger partial charge is 0.263 e. The van der Waals surface area contributed by atoms with Crippen LogP contribution in [0.4, 0.5) is 11.6 Å². The lowest BCUT2D eigenvalue weighted by atomic mass is 10.4. The van der Waals surface area contributed by atoms with Crippen molar-refractivity contribution < 1.29 is 16.8 Å². The Morgan fingerprint density at radius 2 is 0.964 bits per heavy atom. The van der Waals surface area contributed by atoms with E-state index in [9.17, 15) is 16.8 Å². The summed E-state index contributed by atoms with van der Waals surface area (Å²) in [5.74, 6) is -0.0298. The second kappa shape index (κ2) is 8.19. The van der Waals surface area contributed by atoms with Gasteiger partial charge in [0.25, 0.3) is 20.0 Å². The maximum atomic E-state index is 12.5. The third-order valence-corrected chi connectivity index (χ3v) is 7.27. The molecule has 11 heteroatoms. The summed E-state index contributed by atoms with van der Waals surface area (Å²) in [4.78, 5) is 4.14. The van der Waals surface area contributed by atoms with Gasteiger partial charge in [-0.25, -0.2) is 21.8 Å². The number of rotatable bonds is 6. The summed E-state index contributed by atoms with van der Waals surface area (Å²) in [5.41, 5.74) is 0. The number of hydrogen-bond acceptors (Lipinski definition) is 5. The Balaban J connectivity index is 1.82. The molecule has 1 heterocycles. The van der Waals surface area contributed by atoms with Crippen LogP contribution in [0.15, 0.2) is 85.5 Å². The minimum absolute atomic E-state index is 0.0149. The molecule has 0 unspecified atom stereocenters. The third-order valence-electron chi connectivity index (χ3n) is 3.47. The number of pyridine rings is 1. The lowest BCUT2D eigenvalue weighted by Crippen LogP contribution is -2.16. The molecule has 0 amide bonds. The molecule has 0 aliphatic heterocycles. The quantitative estimate of drug-likeness (QED) is 0.482. The topological polar surface area (TPSA) is 105 Å². The molecular weight excluding hydrogens is 534 g/mol. The molecule has 0 bridgehead atoms. The van der Waals surface area contributed by atoms with Crippen molar-refractivity contribution in [2.24, 2.45) is 0 Å². The first kappa shape index (κ1) is 20.8. The lowest BCUT2D eigenvalue weighted by molar-refractivity contribution is 0.599. The fraction of sp³-hybridized carbons (Fsp3) is 0. The van der Waals surface area contributed by atoms with E-state index in [2.05, 4.69) is 46.3 Å². The third kappa shape index (κ3) is 5.10. The molecule has 28 heavy (non-hydrogen) atoms. The molecule has 2 aromatic carbocycles. The van der Waals surface area contributed by atoms with Gasteiger partial charge in [-0.15, -0.1) is 0 Å². The Morgan fingerprint density at radius 1 is 0.607 bits per heavy atom. The van der Waals surface area contributed by atoms with Crippen molar-refractivity contribution in [2.45, 2.75) is 9.79 Å². The predicted molar refractivity (Wildman–Crippen MR) is 114 cm³/mol. The van der Waals surface area contributed by atoms with E-state index >= 15 is 0 Å². The minimum Gasteiger partial charge on any atom is -0.263 e. The summed E-state index contributed by atoms with van der Waals surface area (Å²) in [6.45, 7) is 0. The number of anilines is 2. The van der Waals surface area contributed by atoms with Crippen LogP contribution >= 0.6 is 31.9 Å². The maximum absolute atomic E-state index is 12.5. The van der Waals surface area contributed by atoms with E-state index in [-0.39, 0.29) is 21.4 Å². The van der Waals surface area contributed by atoms with Crippen LogP contribution in [0.2, 0.25) is 0 Å². The summed E-state index contributed by atoms with van der Waals surface area (Å²) < 4.78 is 56.0. The zero-order valence-corrected chi connectivity index (χ0v) is 18.8. The van der Waals surface area contributed by atoms with Crippen molar-refractivity contribution in [3.05, 3.63) is 75.7 Å². The summed E-state index contributed by atoms with van der Waals surface area (Å²) in [6.07, 6.45) is 0. The van der Waals surface area contributed by atoms with Crippen molar-refractivity contribution >= 4 is 63.5 Å². The zero-order valence-electron chi connectivity index (χ0n) is 14.0. The summed E-state index contributed by atoms with van der Waals surface area (Å²) in [7, 11) is -7.73. The Labute approximate surface area is 179 Å². The molecule has 2 N–H and O–H groups in total. The lowest BCUT2D eigenvalue weighted by Gasteiger charge is -2.11. The molecule has 0 saturated carbocycles. The van der Waals surface area contributed by atoms with E-state index in [0.29, 0.717) is 0 Å². The van der Waals surface area contributed by atoms with E-state index in [1.165, 1.54) is 42.5 Å². The van der Waals surface area contributed by atoms with Crippen molar-refractivity contribution in [3.63, 3.8) is 0 Å². The van der Waals surface area contributed by atoms with Gasteiger partial charge in [0.15, 0.2) is 0 Å². The second-order valence-electron chi connectivity index (χ2n) is 5.53. The highest BCUT2D eigenvalue weighted by atomic mass is 79.9. The zero-order chi connectivity index (χ0) is 20.4. The molecule has 0 radical (unpaired) electrons. The van der Waals surface area contributed by atoms with Crippen LogP contribution in [0, 0.1) is 0 Å². The summed E-state index contributed by atoms with van der Waals surface area (Å²) >= 11 is 6.49. The normalized spacial score (nSPS) is 11.8. The number of halogens is 2. The molecule has 0 fully saturated rings. The fourth-order valence-electron chi connectivity index (χ4n) is 2.17. The van der Waals surface area contributed by atoms with Gasteiger partial charge in [0, 0.05) is 8.95 Å². The van der Waals surface area contributed by atoms with Crippen LogP contribution in [-0.2, 0) is 20.0 Å². The standard InChI is InChI=1S/C17H13Br2N3O4S2/c18-12-4-8-14(9-5-12)27(23,24)21-16-2-1-3-17(20-16)22-28(25,26)15-10-6-13(19)7-11-15/h1-11H,(H2,20,21,22). The predicted octanol–water partition coefficient (Wildman–Crippen LogP) is 4.21.